The van der Waals surface area contributed by atoms with Crippen molar-refractivity contribution in [2.24, 2.45) is 0 Å². The number of hydrogen-bond donors (Lipinski definition) is 1. The minimum absolute atomic E-state index is 0.0127. The molecule has 4 nitrogen and oxygen atoms in total. The number of rotatable bonds is 4. The van der Waals surface area contributed by atoms with Crippen LogP contribution in [0.2, 0.25) is 5.02 Å². The van der Waals surface area contributed by atoms with Crippen molar-refractivity contribution < 1.29 is 4.79 Å². The Morgan fingerprint density at radius 2 is 2.17 bits per heavy atom. The fourth-order valence-corrected chi connectivity index (χ4v) is 3.39. The predicted octanol–water partition coefficient (Wildman–Crippen LogP) is 4.15. The summed E-state index contributed by atoms with van der Waals surface area (Å²) in [6.45, 7) is 2.77. The van der Waals surface area contributed by atoms with E-state index in [0.717, 1.165) is 36.5 Å². The normalized spacial score (nSPS) is 19.1. The van der Waals surface area contributed by atoms with Gasteiger partial charge in [0.15, 0.2) is 0 Å². The molecule has 3 rings (SSSR count). The highest BCUT2D eigenvalue weighted by atomic mass is 35.5. The first-order valence-electron chi connectivity index (χ1n) is 7.74. The SMILES string of the molecule is CS[C@@H](C)C(=O)N1CCC[C@H]1c1ncc(-c2ccc(Cl)cc2)[nH]1. The molecule has 2 heterocycles. The number of nitrogens with one attached hydrogen (secondary N) is 1. The molecule has 1 aliphatic heterocycles. The molecule has 23 heavy (non-hydrogen) atoms. The number of likely N-dealkylation sites (tertiary alicyclic amines) is 1. The van der Waals surface area contributed by atoms with Gasteiger partial charge in [-0.25, -0.2) is 4.98 Å². The van der Waals surface area contributed by atoms with E-state index in [1.54, 1.807) is 11.8 Å². The number of amides is 1. The zero-order valence-electron chi connectivity index (χ0n) is 13.3. The van der Waals surface area contributed by atoms with Gasteiger partial charge < -0.3 is 9.88 Å². The highest BCUT2D eigenvalue weighted by Crippen LogP contribution is 2.33. The van der Waals surface area contributed by atoms with Crippen LogP contribution in [-0.4, -0.2) is 38.8 Å². The number of benzene rings is 1. The summed E-state index contributed by atoms with van der Waals surface area (Å²) in [5.74, 6) is 1.07. The molecule has 1 N–H and O–H groups in total. The largest absolute Gasteiger partial charge is 0.340 e. The average Bonchev–Trinajstić information content (AvgIpc) is 3.22. The highest BCUT2D eigenvalue weighted by molar-refractivity contribution is 7.99. The number of H-pyrrole nitrogens is 1. The second-order valence-corrected chi connectivity index (χ2v) is 7.37. The van der Waals surface area contributed by atoms with Gasteiger partial charge in [-0.15, -0.1) is 0 Å². The molecule has 2 atom stereocenters. The molecule has 6 heteroatoms. The summed E-state index contributed by atoms with van der Waals surface area (Å²) in [6.07, 6.45) is 5.78. The zero-order chi connectivity index (χ0) is 16.4. The Hall–Kier alpha value is -1.46. The topological polar surface area (TPSA) is 49.0 Å². The van der Waals surface area contributed by atoms with Gasteiger partial charge in [0.25, 0.3) is 0 Å². The van der Waals surface area contributed by atoms with E-state index in [2.05, 4.69) is 9.97 Å². The van der Waals surface area contributed by atoms with Crippen molar-refractivity contribution in [1.82, 2.24) is 14.9 Å². The summed E-state index contributed by atoms with van der Waals surface area (Å²) >= 11 is 7.52. The van der Waals surface area contributed by atoms with Gasteiger partial charge in [-0.1, -0.05) is 23.7 Å². The molecule has 1 aliphatic rings. The Balaban J connectivity index is 1.81. The molecule has 0 aliphatic carbocycles. The molecule has 1 aromatic carbocycles. The Bertz CT molecular complexity index is 685. The maximum atomic E-state index is 12.5. The number of hydrogen-bond acceptors (Lipinski definition) is 3. The van der Waals surface area contributed by atoms with Gasteiger partial charge in [-0.3, -0.25) is 4.79 Å². The summed E-state index contributed by atoms with van der Waals surface area (Å²) in [4.78, 5) is 22.4. The van der Waals surface area contributed by atoms with E-state index in [9.17, 15) is 4.79 Å². The molecular weight excluding hydrogens is 330 g/mol. The number of aromatic nitrogens is 2. The lowest BCUT2D eigenvalue weighted by molar-refractivity contribution is -0.131. The molecule has 0 saturated carbocycles. The van der Waals surface area contributed by atoms with Crippen LogP contribution in [0.25, 0.3) is 11.3 Å². The third-order valence-electron chi connectivity index (χ3n) is 4.30. The molecule has 1 amide bonds. The van der Waals surface area contributed by atoms with E-state index < -0.39 is 0 Å². The molecule has 0 bridgehead atoms. The summed E-state index contributed by atoms with van der Waals surface area (Å²) in [6, 6.07) is 7.71. The summed E-state index contributed by atoms with van der Waals surface area (Å²) in [7, 11) is 0. The Kier molecular flexibility index (Phi) is 4.97. The van der Waals surface area contributed by atoms with E-state index in [0.29, 0.717) is 5.02 Å². The maximum Gasteiger partial charge on any atom is 0.236 e. The third-order valence-corrected chi connectivity index (χ3v) is 5.46. The van der Waals surface area contributed by atoms with Gasteiger partial charge in [0, 0.05) is 11.6 Å². The molecule has 2 aromatic rings. The van der Waals surface area contributed by atoms with E-state index in [-0.39, 0.29) is 17.2 Å². The number of halogens is 1. The van der Waals surface area contributed by atoms with Crippen LogP contribution in [0, 0.1) is 0 Å². The molecule has 1 aromatic heterocycles. The Morgan fingerprint density at radius 3 is 2.87 bits per heavy atom. The summed E-state index contributed by atoms with van der Waals surface area (Å²) in [5, 5.41) is 0.702. The Morgan fingerprint density at radius 1 is 1.43 bits per heavy atom. The van der Waals surface area contributed by atoms with Crippen molar-refractivity contribution in [3.8, 4) is 11.3 Å². The van der Waals surface area contributed by atoms with Crippen molar-refractivity contribution in [1.29, 1.82) is 0 Å². The van der Waals surface area contributed by atoms with E-state index in [1.165, 1.54) is 0 Å². The highest BCUT2D eigenvalue weighted by Gasteiger charge is 2.33. The number of thioether (sulfide) groups is 1. The minimum atomic E-state index is -0.0127. The lowest BCUT2D eigenvalue weighted by Gasteiger charge is -2.25. The third kappa shape index (κ3) is 3.40. The van der Waals surface area contributed by atoms with Crippen molar-refractivity contribution in [3.05, 3.63) is 41.3 Å². The molecule has 122 valence electrons. The summed E-state index contributed by atoms with van der Waals surface area (Å²) in [5.41, 5.74) is 2.00. The smallest absolute Gasteiger partial charge is 0.236 e. The molecule has 1 saturated heterocycles. The van der Waals surface area contributed by atoms with Crippen molar-refractivity contribution in [2.75, 3.05) is 12.8 Å². The van der Waals surface area contributed by atoms with Crippen LogP contribution in [0.5, 0.6) is 0 Å². The van der Waals surface area contributed by atoms with Gasteiger partial charge in [-0.2, -0.15) is 11.8 Å². The van der Waals surface area contributed by atoms with Crippen LogP contribution in [-0.2, 0) is 4.79 Å². The quantitative estimate of drug-likeness (QED) is 0.902. The first-order chi connectivity index (χ1) is 11.1. The van der Waals surface area contributed by atoms with E-state index in [1.807, 2.05) is 48.5 Å². The number of nitrogens with zero attached hydrogens (tertiary/aromatic N) is 2. The molecular formula is C17H20ClN3OS. The number of imidazole rings is 1. The Labute approximate surface area is 145 Å². The first-order valence-corrected chi connectivity index (χ1v) is 9.41. The summed E-state index contributed by atoms with van der Waals surface area (Å²) < 4.78 is 0. The number of carbonyl (C=O) groups excluding carboxylic acids is 1. The van der Waals surface area contributed by atoms with Crippen LogP contribution in [0.4, 0.5) is 0 Å². The number of carbonyl (C=O) groups is 1. The monoisotopic (exact) mass is 349 g/mol. The van der Waals surface area contributed by atoms with Gasteiger partial charge >= 0.3 is 0 Å². The van der Waals surface area contributed by atoms with Gasteiger partial charge in [-0.05, 0) is 43.7 Å². The fourth-order valence-electron chi connectivity index (χ4n) is 2.93. The van der Waals surface area contributed by atoms with Gasteiger partial charge in [0.2, 0.25) is 5.91 Å². The predicted molar refractivity (Wildman–Crippen MR) is 95.7 cm³/mol. The molecule has 0 spiro atoms. The van der Waals surface area contributed by atoms with Gasteiger partial charge in [0.05, 0.1) is 23.2 Å². The van der Waals surface area contributed by atoms with Crippen molar-refractivity contribution in [2.45, 2.75) is 31.1 Å². The lowest BCUT2D eigenvalue weighted by Crippen LogP contribution is -2.36. The second kappa shape index (κ2) is 6.97. The fraction of sp³-hybridized carbons (Fsp3) is 0.412. The van der Waals surface area contributed by atoms with Crippen LogP contribution in [0.15, 0.2) is 30.5 Å². The van der Waals surface area contributed by atoms with Crippen LogP contribution >= 0.6 is 23.4 Å². The molecule has 1 fully saturated rings. The zero-order valence-corrected chi connectivity index (χ0v) is 14.8. The van der Waals surface area contributed by atoms with E-state index >= 15 is 0 Å². The standard InChI is InChI=1S/C17H20ClN3OS/c1-11(23-2)17(22)21-9-3-4-15(21)16-19-10-14(20-16)12-5-7-13(18)8-6-12/h5-8,10-11,15H,3-4,9H2,1-2H3,(H,19,20)/t11-,15-/m0/s1. The molecule has 0 unspecified atom stereocenters. The van der Waals surface area contributed by atoms with Crippen molar-refractivity contribution in [3.63, 3.8) is 0 Å². The average molecular weight is 350 g/mol. The van der Waals surface area contributed by atoms with Gasteiger partial charge in [0.1, 0.15) is 5.82 Å². The van der Waals surface area contributed by atoms with Crippen molar-refractivity contribution >= 4 is 29.3 Å². The maximum absolute atomic E-state index is 12.5. The van der Waals surface area contributed by atoms with Crippen LogP contribution in [0.3, 0.4) is 0 Å². The first kappa shape index (κ1) is 16.4. The molecule has 0 radical (unpaired) electrons. The van der Waals surface area contributed by atoms with Crippen LogP contribution in [0.1, 0.15) is 31.6 Å². The minimum Gasteiger partial charge on any atom is -0.340 e. The van der Waals surface area contributed by atoms with E-state index in [4.69, 9.17) is 11.6 Å². The second-order valence-electron chi connectivity index (χ2n) is 5.76. The lowest BCUT2D eigenvalue weighted by atomic mass is 10.2. The van der Waals surface area contributed by atoms with Crippen LogP contribution < -0.4 is 0 Å². The number of aromatic amines is 1.